The molecule has 0 saturated carbocycles. The van der Waals surface area contributed by atoms with Crippen molar-refractivity contribution in [2.45, 2.75) is 50.8 Å². The van der Waals surface area contributed by atoms with Crippen LogP contribution in [0.2, 0.25) is 0 Å². The Labute approximate surface area is 198 Å². The molecule has 0 amide bonds. The molecular formula is C26H32F4N2O2. The smallest absolute Gasteiger partial charge is 0.349 e. The van der Waals surface area contributed by atoms with Gasteiger partial charge in [0.1, 0.15) is 5.82 Å². The van der Waals surface area contributed by atoms with Gasteiger partial charge in [-0.2, -0.15) is 13.2 Å². The van der Waals surface area contributed by atoms with E-state index in [1.807, 2.05) is 30.3 Å². The minimum Gasteiger partial charge on any atom is -0.349 e. The zero-order valence-electron chi connectivity index (χ0n) is 19.4. The van der Waals surface area contributed by atoms with Gasteiger partial charge in [0.2, 0.25) is 0 Å². The van der Waals surface area contributed by atoms with Crippen LogP contribution >= 0.6 is 0 Å². The van der Waals surface area contributed by atoms with Crippen molar-refractivity contribution < 1.29 is 27.0 Å². The Balaban J connectivity index is 1.52. The number of rotatable bonds is 7. The summed E-state index contributed by atoms with van der Waals surface area (Å²) in [5, 5.41) is 0. The summed E-state index contributed by atoms with van der Waals surface area (Å²) in [6.07, 6.45) is -2.37. The van der Waals surface area contributed by atoms with E-state index in [2.05, 4.69) is 9.80 Å². The van der Waals surface area contributed by atoms with Crippen molar-refractivity contribution in [3.05, 3.63) is 71.0 Å². The normalized spacial score (nSPS) is 23.7. The summed E-state index contributed by atoms with van der Waals surface area (Å²) in [4.78, 5) is 4.81. The highest BCUT2D eigenvalue weighted by Crippen LogP contribution is 2.36. The van der Waals surface area contributed by atoms with E-state index in [9.17, 15) is 17.6 Å². The molecule has 2 heterocycles. The van der Waals surface area contributed by atoms with E-state index in [-0.39, 0.29) is 11.6 Å². The third-order valence-electron chi connectivity index (χ3n) is 6.66. The van der Waals surface area contributed by atoms with Gasteiger partial charge in [-0.25, -0.2) is 4.39 Å². The van der Waals surface area contributed by atoms with Crippen molar-refractivity contribution in [1.82, 2.24) is 9.80 Å². The molecule has 3 atom stereocenters. The minimum absolute atomic E-state index is 0.133. The second-order valence-corrected chi connectivity index (χ2v) is 9.08. The van der Waals surface area contributed by atoms with Gasteiger partial charge in [-0.3, -0.25) is 4.90 Å². The van der Waals surface area contributed by atoms with Crippen LogP contribution in [-0.4, -0.2) is 55.4 Å². The van der Waals surface area contributed by atoms with Gasteiger partial charge in [-0.1, -0.05) is 36.8 Å². The highest BCUT2D eigenvalue weighted by Gasteiger charge is 2.36. The Bertz CT molecular complexity index is 919. The molecule has 0 spiro atoms. The van der Waals surface area contributed by atoms with Gasteiger partial charge in [0.05, 0.1) is 24.3 Å². The molecule has 0 aromatic heterocycles. The number of nitrogens with zero attached hydrogens (tertiary/aromatic N) is 2. The van der Waals surface area contributed by atoms with Crippen LogP contribution < -0.4 is 0 Å². The lowest BCUT2D eigenvalue weighted by atomic mass is 10.0. The Morgan fingerprint density at radius 1 is 1.00 bits per heavy atom. The van der Waals surface area contributed by atoms with Crippen LogP contribution in [0.3, 0.4) is 0 Å². The quantitative estimate of drug-likeness (QED) is 0.467. The maximum atomic E-state index is 14.0. The van der Waals surface area contributed by atoms with Crippen molar-refractivity contribution in [3.63, 3.8) is 0 Å². The summed E-state index contributed by atoms with van der Waals surface area (Å²) >= 11 is 0. The molecule has 34 heavy (non-hydrogen) atoms. The van der Waals surface area contributed by atoms with E-state index >= 15 is 0 Å². The van der Waals surface area contributed by atoms with Crippen molar-refractivity contribution in [2.24, 2.45) is 0 Å². The number of likely N-dealkylation sites (tertiary alicyclic amines) is 1. The Kier molecular flexibility index (Phi) is 8.24. The van der Waals surface area contributed by atoms with Gasteiger partial charge in [-0.05, 0) is 62.2 Å². The lowest BCUT2D eigenvalue weighted by Crippen LogP contribution is -2.49. The fourth-order valence-electron chi connectivity index (χ4n) is 4.81. The van der Waals surface area contributed by atoms with E-state index in [0.29, 0.717) is 12.7 Å². The van der Waals surface area contributed by atoms with Gasteiger partial charge >= 0.3 is 6.18 Å². The molecule has 4 rings (SSSR count). The standard InChI is InChI=1S/C26H32F4N2O2/c1-19(21-16-22(26(28,29)30)18-23(27)17-21)34-25-24(20-8-4-2-5-9-20)32(14-15-33-25)13-12-31-10-6-3-7-11-31/h2,4-5,8-9,16-19,24-25H,3,6-7,10-15H2,1H3/t19-,24+,25-/m1/s1. The maximum absolute atomic E-state index is 14.0. The molecule has 8 heteroatoms. The monoisotopic (exact) mass is 480 g/mol. The first kappa shape index (κ1) is 25.1. The number of ether oxygens (including phenoxy) is 2. The van der Waals surface area contributed by atoms with Crippen LogP contribution in [0.15, 0.2) is 48.5 Å². The fraction of sp³-hybridized carbons (Fsp3) is 0.538. The molecule has 186 valence electrons. The number of morpholine rings is 1. The largest absolute Gasteiger partial charge is 0.416 e. The number of piperidine rings is 1. The number of hydrogen-bond donors (Lipinski definition) is 0. The average molecular weight is 481 g/mol. The zero-order chi connectivity index (χ0) is 24.1. The first-order chi connectivity index (χ1) is 16.3. The molecule has 2 fully saturated rings. The third kappa shape index (κ3) is 6.36. The van der Waals surface area contributed by atoms with Crippen LogP contribution in [0.5, 0.6) is 0 Å². The van der Waals surface area contributed by atoms with Gasteiger partial charge in [0.25, 0.3) is 0 Å². The fourth-order valence-corrected chi connectivity index (χ4v) is 4.81. The predicted octanol–water partition coefficient (Wildman–Crippen LogP) is 5.81. The lowest BCUT2D eigenvalue weighted by Gasteiger charge is -2.43. The first-order valence-corrected chi connectivity index (χ1v) is 12.0. The summed E-state index contributed by atoms with van der Waals surface area (Å²) in [5.41, 5.74) is 0.131. The molecule has 2 saturated heterocycles. The van der Waals surface area contributed by atoms with Crippen LogP contribution in [0.4, 0.5) is 17.6 Å². The summed E-state index contributed by atoms with van der Waals surface area (Å²) in [6.45, 7) is 6.83. The molecule has 4 nitrogen and oxygen atoms in total. The summed E-state index contributed by atoms with van der Waals surface area (Å²) in [5.74, 6) is -0.937. The molecule has 2 aromatic rings. The van der Waals surface area contributed by atoms with Crippen LogP contribution in [0.25, 0.3) is 0 Å². The van der Waals surface area contributed by atoms with E-state index in [1.165, 1.54) is 19.3 Å². The van der Waals surface area contributed by atoms with Crippen molar-refractivity contribution >= 4 is 0 Å². The molecule has 0 radical (unpaired) electrons. The van der Waals surface area contributed by atoms with Gasteiger partial charge in [0.15, 0.2) is 6.29 Å². The first-order valence-electron chi connectivity index (χ1n) is 12.0. The zero-order valence-corrected chi connectivity index (χ0v) is 19.4. The van der Waals surface area contributed by atoms with Gasteiger partial charge < -0.3 is 14.4 Å². The molecule has 0 bridgehead atoms. The average Bonchev–Trinajstić information content (AvgIpc) is 2.83. The lowest BCUT2D eigenvalue weighted by molar-refractivity contribution is -0.230. The van der Waals surface area contributed by atoms with Gasteiger partial charge in [0, 0.05) is 19.6 Å². The summed E-state index contributed by atoms with van der Waals surface area (Å²) < 4.78 is 65.7. The SMILES string of the molecule is C[C@@H](O[C@H]1OCCN(CCN2CCCCC2)[C@H]1c1ccccc1)c1cc(F)cc(C(F)(F)F)c1. The Morgan fingerprint density at radius 3 is 2.44 bits per heavy atom. The summed E-state index contributed by atoms with van der Waals surface area (Å²) in [6, 6.07) is 12.2. The third-order valence-corrected chi connectivity index (χ3v) is 6.66. The van der Waals surface area contributed by atoms with Crippen molar-refractivity contribution in [1.29, 1.82) is 0 Å². The molecular weight excluding hydrogens is 448 g/mol. The van der Waals surface area contributed by atoms with E-state index in [0.717, 1.165) is 50.4 Å². The number of alkyl halides is 3. The number of hydrogen-bond acceptors (Lipinski definition) is 4. The highest BCUT2D eigenvalue weighted by atomic mass is 19.4. The second-order valence-electron chi connectivity index (χ2n) is 9.08. The predicted molar refractivity (Wildman–Crippen MR) is 122 cm³/mol. The molecule has 2 aromatic carbocycles. The molecule has 2 aliphatic heterocycles. The molecule has 0 N–H and O–H groups in total. The Hall–Kier alpha value is -2.00. The van der Waals surface area contributed by atoms with Gasteiger partial charge in [-0.15, -0.1) is 0 Å². The number of benzene rings is 2. The van der Waals surface area contributed by atoms with E-state index < -0.39 is 30.0 Å². The summed E-state index contributed by atoms with van der Waals surface area (Å²) in [7, 11) is 0. The van der Waals surface area contributed by atoms with Crippen molar-refractivity contribution in [3.8, 4) is 0 Å². The molecule has 2 aliphatic rings. The highest BCUT2D eigenvalue weighted by molar-refractivity contribution is 5.28. The van der Waals surface area contributed by atoms with E-state index in [1.54, 1.807) is 6.92 Å². The number of halogens is 4. The van der Waals surface area contributed by atoms with Crippen molar-refractivity contribution in [2.75, 3.05) is 39.3 Å². The molecule has 0 unspecified atom stereocenters. The second kappa shape index (κ2) is 11.2. The molecule has 0 aliphatic carbocycles. The van der Waals surface area contributed by atoms with Crippen LogP contribution in [0.1, 0.15) is 55.0 Å². The maximum Gasteiger partial charge on any atom is 0.416 e. The van der Waals surface area contributed by atoms with Crippen LogP contribution in [-0.2, 0) is 15.7 Å². The van der Waals surface area contributed by atoms with Crippen LogP contribution in [0, 0.1) is 5.82 Å². The minimum atomic E-state index is -4.63. The topological polar surface area (TPSA) is 24.9 Å². The Morgan fingerprint density at radius 2 is 1.74 bits per heavy atom. The van der Waals surface area contributed by atoms with E-state index in [4.69, 9.17) is 9.47 Å².